The maximum atomic E-state index is 13.4. The Morgan fingerprint density at radius 3 is 2.13 bits per heavy atom. The van der Waals surface area contributed by atoms with E-state index in [9.17, 15) is 14.4 Å². The van der Waals surface area contributed by atoms with Crippen LogP contribution in [0.4, 0.5) is 11.4 Å². The van der Waals surface area contributed by atoms with Crippen molar-refractivity contribution in [1.82, 2.24) is 0 Å². The minimum atomic E-state index is -0.393. The minimum absolute atomic E-state index is 0.198. The van der Waals surface area contributed by atoms with Gasteiger partial charge < -0.3 is 5.32 Å². The molecule has 4 rings (SSSR count). The average molecular weight is 449 g/mol. The van der Waals surface area contributed by atoms with Crippen LogP contribution in [0.25, 0.3) is 5.57 Å². The molecule has 3 amide bonds. The van der Waals surface area contributed by atoms with Crippen molar-refractivity contribution in [1.29, 1.82) is 0 Å². The summed E-state index contributed by atoms with van der Waals surface area (Å²) in [6.45, 7) is 1.41. The van der Waals surface area contributed by atoms with Crippen LogP contribution in [-0.4, -0.2) is 17.7 Å². The zero-order valence-corrected chi connectivity index (χ0v) is 18.0. The number of halogens is 1. The van der Waals surface area contributed by atoms with E-state index in [1.165, 1.54) is 18.7 Å². The van der Waals surface area contributed by atoms with Gasteiger partial charge in [-0.25, -0.2) is 4.90 Å². The molecular formula is C24H17ClN2O3S. The summed E-state index contributed by atoms with van der Waals surface area (Å²) in [5, 5.41) is 3.27. The molecule has 31 heavy (non-hydrogen) atoms. The van der Waals surface area contributed by atoms with Gasteiger partial charge in [0.05, 0.1) is 16.2 Å². The molecule has 0 aromatic heterocycles. The zero-order chi connectivity index (χ0) is 22.0. The highest BCUT2D eigenvalue weighted by molar-refractivity contribution is 8.04. The van der Waals surface area contributed by atoms with E-state index in [1.807, 2.05) is 42.5 Å². The van der Waals surface area contributed by atoms with Gasteiger partial charge in [0, 0.05) is 22.5 Å². The van der Waals surface area contributed by atoms with Gasteiger partial charge >= 0.3 is 0 Å². The smallest absolute Gasteiger partial charge is 0.272 e. The monoisotopic (exact) mass is 448 g/mol. The largest absolute Gasteiger partial charge is 0.326 e. The lowest BCUT2D eigenvalue weighted by atomic mass is 10.1. The van der Waals surface area contributed by atoms with E-state index in [0.29, 0.717) is 32.4 Å². The molecular weight excluding hydrogens is 432 g/mol. The lowest BCUT2D eigenvalue weighted by Gasteiger charge is -2.16. The van der Waals surface area contributed by atoms with Gasteiger partial charge in [-0.15, -0.1) is 0 Å². The number of thioether (sulfide) groups is 1. The highest BCUT2D eigenvalue weighted by Gasteiger charge is 2.40. The van der Waals surface area contributed by atoms with Crippen LogP contribution in [0.2, 0.25) is 5.02 Å². The number of nitrogens with one attached hydrogen (secondary N) is 1. The van der Waals surface area contributed by atoms with Gasteiger partial charge in [-0.1, -0.05) is 53.7 Å². The molecule has 0 unspecified atom stereocenters. The van der Waals surface area contributed by atoms with E-state index < -0.39 is 5.91 Å². The van der Waals surface area contributed by atoms with Crippen LogP contribution in [0.3, 0.4) is 0 Å². The molecule has 0 saturated heterocycles. The topological polar surface area (TPSA) is 66.5 Å². The second-order valence-electron chi connectivity index (χ2n) is 6.80. The molecule has 0 fully saturated rings. The lowest BCUT2D eigenvalue weighted by Crippen LogP contribution is -2.31. The Balaban J connectivity index is 1.73. The first-order chi connectivity index (χ1) is 14.9. The molecule has 0 spiro atoms. The summed E-state index contributed by atoms with van der Waals surface area (Å²) in [4.78, 5) is 40.3. The normalized spacial score (nSPS) is 13.7. The molecule has 1 aliphatic heterocycles. The number of benzene rings is 3. The third kappa shape index (κ3) is 4.40. The zero-order valence-electron chi connectivity index (χ0n) is 16.5. The molecule has 0 bridgehead atoms. The summed E-state index contributed by atoms with van der Waals surface area (Å²) in [6.07, 6.45) is 0. The molecule has 0 radical (unpaired) electrons. The molecule has 3 aromatic carbocycles. The molecule has 1 N–H and O–H groups in total. The van der Waals surface area contributed by atoms with Crippen molar-refractivity contribution in [3.8, 4) is 0 Å². The second-order valence-corrected chi connectivity index (χ2v) is 8.32. The van der Waals surface area contributed by atoms with Crippen LogP contribution in [0.15, 0.2) is 88.7 Å². The number of carbonyl (C=O) groups is 3. The number of imide groups is 1. The summed E-state index contributed by atoms with van der Waals surface area (Å²) < 4.78 is 0. The first kappa shape index (κ1) is 20.9. The van der Waals surface area contributed by atoms with E-state index in [4.69, 9.17) is 11.6 Å². The Hall–Kier alpha value is -3.35. The predicted octanol–water partition coefficient (Wildman–Crippen LogP) is 5.38. The quantitative estimate of drug-likeness (QED) is 0.532. The van der Waals surface area contributed by atoms with Gasteiger partial charge in [0.2, 0.25) is 5.91 Å². The Bertz CT molecular complexity index is 1190. The van der Waals surface area contributed by atoms with Crippen LogP contribution in [0.1, 0.15) is 12.5 Å². The Labute approximate surface area is 188 Å². The first-order valence-electron chi connectivity index (χ1n) is 9.43. The molecule has 3 aromatic rings. The molecule has 7 heteroatoms. The fourth-order valence-electron chi connectivity index (χ4n) is 3.22. The van der Waals surface area contributed by atoms with E-state index >= 15 is 0 Å². The van der Waals surface area contributed by atoms with Gasteiger partial charge in [0.1, 0.15) is 0 Å². The van der Waals surface area contributed by atoms with Crippen LogP contribution < -0.4 is 10.2 Å². The van der Waals surface area contributed by atoms with Crippen molar-refractivity contribution in [3.05, 3.63) is 94.4 Å². The molecule has 5 nitrogen and oxygen atoms in total. The van der Waals surface area contributed by atoms with Gasteiger partial charge in [-0.2, -0.15) is 0 Å². The fraction of sp³-hybridized carbons (Fsp3) is 0.0417. The van der Waals surface area contributed by atoms with Crippen molar-refractivity contribution < 1.29 is 14.4 Å². The van der Waals surface area contributed by atoms with Gasteiger partial charge in [-0.3, -0.25) is 14.4 Å². The number of hydrogen-bond donors (Lipinski definition) is 1. The van der Waals surface area contributed by atoms with E-state index in [-0.39, 0.29) is 11.8 Å². The van der Waals surface area contributed by atoms with Gasteiger partial charge in [-0.05, 0) is 54.1 Å². The highest BCUT2D eigenvalue weighted by atomic mass is 35.5. The van der Waals surface area contributed by atoms with Crippen LogP contribution in [0, 0.1) is 0 Å². The highest BCUT2D eigenvalue weighted by Crippen LogP contribution is 2.41. The van der Waals surface area contributed by atoms with Crippen molar-refractivity contribution >= 4 is 58.0 Å². The van der Waals surface area contributed by atoms with Crippen LogP contribution in [0.5, 0.6) is 0 Å². The third-order valence-corrected chi connectivity index (χ3v) is 5.93. The first-order valence-corrected chi connectivity index (χ1v) is 10.6. The number of rotatable bonds is 5. The summed E-state index contributed by atoms with van der Waals surface area (Å²) >= 11 is 7.21. The number of amides is 3. The second kappa shape index (κ2) is 8.79. The summed E-state index contributed by atoms with van der Waals surface area (Å²) in [5.41, 5.74) is 2.05. The molecule has 0 aliphatic carbocycles. The van der Waals surface area contributed by atoms with Gasteiger partial charge in [0.15, 0.2) is 0 Å². The fourth-order valence-corrected chi connectivity index (χ4v) is 4.34. The van der Waals surface area contributed by atoms with E-state index in [1.54, 1.807) is 36.4 Å². The van der Waals surface area contributed by atoms with Crippen LogP contribution in [-0.2, 0) is 14.4 Å². The maximum Gasteiger partial charge on any atom is 0.272 e. The SMILES string of the molecule is CC(=O)Nc1ccc(N2C(=O)C(Sc3ccc(Cl)cc3)=C(c3ccccc3)C2=O)cc1. The summed E-state index contributed by atoms with van der Waals surface area (Å²) in [5.74, 6) is -0.980. The summed E-state index contributed by atoms with van der Waals surface area (Å²) in [7, 11) is 0. The lowest BCUT2D eigenvalue weighted by molar-refractivity contribution is -0.120. The third-order valence-electron chi connectivity index (χ3n) is 4.58. The average Bonchev–Trinajstić information content (AvgIpc) is 3.00. The Morgan fingerprint density at radius 2 is 1.52 bits per heavy atom. The molecule has 154 valence electrons. The molecule has 1 aliphatic rings. The van der Waals surface area contributed by atoms with Crippen molar-refractivity contribution in [2.75, 3.05) is 10.2 Å². The number of anilines is 2. The number of carbonyl (C=O) groups excluding carboxylic acids is 3. The van der Waals surface area contributed by atoms with Crippen LogP contribution >= 0.6 is 23.4 Å². The minimum Gasteiger partial charge on any atom is -0.326 e. The van der Waals surface area contributed by atoms with Gasteiger partial charge in [0.25, 0.3) is 11.8 Å². The van der Waals surface area contributed by atoms with Crippen molar-refractivity contribution in [2.45, 2.75) is 11.8 Å². The van der Waals surface area contributed by atoms with Crippen molar-refractivity contribution in [2.24, 2.45) is 0 Å². The summed E-state index contributed by atoms with van der Waals surface area (Å²) in [6, 6.07) is 22.8. The Morgan fingerprint density at radius 1 is 0.871 bits per heavy atom. The maximum absolute atomic E-state index is 13.4. The van der Waals surface area contributed by atoms with Crippen molar-refractivity contribution in [3.63, 3.8) is 0 Å². The predicted molar refractivity (Wildman–Crippen MR) is 124 cm³/mol. The number of nitrogens with zero attached hydrogens (tertiary/aromatic N) is 1. The standard InChI is InChI=1S/C24H17ClN2O3S/c1-15(28)26-18-9-11-19(12-10-18)27-23(29)21(16-5-3-2-4-6-16)22(24(27)30)31-20-13-7-17(25)8-14-20/h2-14H,1H3,(H,26,28). The van der Waals surface area contributed by atoms with E-state index in [2.05, 4.69) is 5.32 Å². The number of hydrogen-bond acceptors (Lipinski definition) is 4. The molecule has 0 atom stereocenters. The van der Waals surface area contributed by atoms with E-state index in [0.717, 1.165) is 9.80 Å². The Kier molecular flexibility index (Phi) is 5.93. The molecule has 0 saturated carbocycles. The molecule has 1 heterocycles.